The summed E-state index contributed by atoms with van der Waals surface area (Å²) < 4.78 is 26.2. The van der Waals surface area contributed by atoms with E-state index in [2.05, 4.69) is 14.9 Å². The zero-order chi connectivity index (χ0) is 14.4. The highest BCUT2D eigenvalue weighted by molar-refractivity contribution is 7.89. The second-order valence-electron chi connectivity index (χ2n) is 5.03. The van der Waals surface area contributed by atoms with E-state index in [1.807, 2.05) is 6.07 Å². The SMILES string of the molecule is CNS(=O)(=O)c1ccccc1NCCCN1CCCC1. The Kier molecular flexibility index (Phi) is 5.39. The molecule has 1 heterocycles. The number of rotatable bonds is 7. The minimum Gasteiger partial charge on any atom is -0.384 e. The molecule has 1 aromatic carbocycles. The summed E-state index contributed by atoms with van der Waals surface area (Å²) in [6, 6.07) is 7.01. The van der Waals surface area contributed by atoms with Crippen LogP contribution in [0.4, 0.5) is 5.69 Å². The van der Waals surface area contributed by atoms with Gasteiger partial charge in [0.25, 0.3) is 0 Å². The van der Waals surface area contributed by atoms with E-state index in [0.717, 1.165) is 19.5 Å². The Hall–Kier alpha value is -1.11. The molecule has 20 heavy (non-hydrogen) atoms. The molecule has 1 aliphatic heterocycles. The van der Waals surface area contributed by atoms with E-state index in [1.54, 1.807) is 18.2 Å². The van der Waals surface area contributed by atoms with Gasteiger partial charge in [0, 0.05) is 6.54 Å². The van der Waals surface area contributed by atoms with Crippen molar-refractivity contribution in [2.75, 3.05) is 38.5 Å². The number of likely N-dealkylation sites (tertiary alicyclic amines) is 1. The van der Waals surface area contributed by atoms with Crippen LogP contribution in [0.5, 0.6) is 0 Å². The molecule has 0 aromatic heterocycles. The molecule has 0 aliphatic carbocycles. The minimum atomic E-state index is -3.40. The van der Waals surface area contributed by atoms with Gasteiger partial charge in [0.1, 0.15) is 4.90 Å². The first kappa shape index (κ1) is 15.3. The Bertz CT molecular complexity index is 525. The molecule has 5 nitrogen and oxygen atoms in total. The van der Waals surface area contributed by atoms with Crippen LogP contribution in [0.2, 0.25) is 0 Å². The molecule has 0 atom stereocenters. The molecule has 112 valence electrons. The maximum Gasteiger partial charge on any atom is 0.242 e. The number of sulfonamides is 1. The molecule has 0 radical (unpaired) electrons. The molecule has 1 saturated heterocycles. The number of hydrogen-bond donors (Lipinski definition) is 2. The molecule has 0 unspecified atom stereocenters. The lowest BCUT2D eigenvalue weighted by Gasteiger charge is -2.16. The zero-order valence-electron chi connectivity index (χ0n) is 11.9. The van der Waals surface area contributed by atoms with Crippen molar-refractivity contribution in [3.05, 3.63) is 24.3 Å². The number of nitrogens with one attached hydrogen (secondary N) is 2. The van der Waals surface area contributed by atoms with Gasteiger partial charge in [0.05, 0.1) is 5.69 Å². The van der Waals surface area contributed by atoms with E-state index in [1.165, 1.54) is 33.0 Å². The lowest BCUT2D eigenvalue weighted by molar-refractivity contribution is 0.337. The fourth-order valence-electron chi connectivity index (χ4n) is 2.49. The summed E-state index contributed by atoms with van der Waals surface area (Å²) in [7, 11) is -1.97. The van der Waals surface area contributed by atoms with Crippen molar-refractivity contribution in [1.82, 2.24) is 9.62 Å². The van der Waals surface area contributed by atoms with Crippen LogP contribution in [0.3, 0.4) is 0 Å². The monoisotopic (exact) mass is 297 g/mol. The third-order valence-corrected chi connectivity index (χ3v) is 5.08. The maximum absolute atomic E-state index is 11.9. The van der Waals surface area contributed by atoms with Crippen molar-refractivity contribution in [3.63, 3.8) is 0 Å². The standard InChI is InChI=1S/C14H23N3O2S/c1-15-20(18,19)14-8-3-2-7-13(14)16-9-6-12-17-10-4-5-11-17/h2-3,7-8,15-16H,4-6,9-12H2,1H3. The summed E-state index contributed by atoms with van der Waals surface area (Å²) in [5.74, 6) is 0. The van der Waals surface area contributed by atoms with Crippen LogP contribution in [0.15, 0.2) is 29.2 Å². The van der Waals surface area contributed by atoms with E-state index >= 15 is 0 Å². The first-order chi connectivity index (χ1) is 9.63. The molecule has 2 rings (SSSR count). The lowest BCUT2D eigenvalue weighted by atomic mass is 10.3. The van der Waals surface area contributed by atoms with Crippen LogP contribution in [-0.4, -0.2) is 46.5 Å². The molecule has 0 amide bonds. The molecule has 6 heteroatoms. The van der Waals surface area contributed by atoms with Crippen molar-refractivity contribution >= 4 is 15.7 Å². The van der Waals surface area contributed by atoms with Crippen LogP contribution in [0.1, 0.15) is 19.3 Å². The molecular weight excluding hydrogens is 274 g/mol. The molecule has 1 aromatic rings. The first-order valence-corrected chi connectivity index (χ1v) is 8.60. The lowest BCUT2D eigenvalue weighted by Crippen LogP contribution is -2.23. The van der Waals surface area contributed by atoms with Gasteiger partial charge < -0.3 is 10.2 Å². The van der Waals surface area contributed by atoms with Crippen molar-refractivity contribution in [2.45, 2.75) is 24.2 Å². The van der Waals surface area contributed by atoms with Crippen LogP contribution < -0.4 is 10.0 Å². The minimum absolute atomic E-state index is 0.309. The van der Waals surface area contributed by atoms with E-state index in [0.29, 0.717) is 10.6 Å². The van der Waals surface area contributed by atoms with Gasteiger partial charge in [-0.1, -0.05) is 12.1 Å². The van der Waals surface area contributed by atoms with Gasteiger partial charge in [0.15, 0.2) is 0 Å². The quantitative estimate of drug-likeness (QED) is 0.749. The summed E-state index contributed by atoms with van der Waals surface area (Å²) in [6.07, 6.45) is 3.63. The fourth-order valence-corrected chi connectivity index (χ4v) is 3.40. The highest BCUT2D eigenvalue weighted by Gasteiger charge is 2.15. The topological polar surface area (TPSA) is 61.4 Å². The summed E-state index contributed by atoms with van der Waals surface area (Å²) >= 11 is 0. The van der Waals surface area contributed by atoms with Gasteiger partial charge in [-0.15, -0.1) is 0 Å². The zero-order valence-corrected chi connectivity index (χ0v) is 12.7. The fraction of sp³-hybridized carbons (Fsp3) is 0.571. The predicted molar refractivity (Wildman–Crippen MR) is 81.5 cm³/mol. The van der Waals surface area contributed by atoms with Gasteiger partial charge in [-0.25, -0.2) is 13.1 Å². The Morgan fingerprint density at radius 2 is 1.90 bits per heavy atom. The largest absolute Gasteiger partial charge is 0.384 e. The average molecular weight is 297 g/mol. The second-order valence-corrected chi connectivity index (χ2v) is 6.89. The van der Waals surface area contributed by atoms with E-state index in [-0.39, 0.29) is 0 Å². The number of para-hydroxylation sites is 1. The van der Waals surface area contributed by atoms with Gasteiger partial charge in [-0.2, -0.15) is 0 Å². The Labute approximate surface area is 121 Å². The summed E-state index contributed by atoms with van der Waals surface area (Å²) in [4.78, 5) is 2.77. The van der Waals surface area contributed by atoms with Crippen LogP contribution >= 0.6 is 0 Å². The number of benzene rings is 1. The Morgan fingerprint density at radius 1 is 1.20 bits per heavy atom. The molecule has 1 fully saturated rings. The van der Waals surface area contributed by atoms with Crippen LogP contribution in [-0.2, 0) is 10.0 Å². The van der Waals surface area contributed by atoms with E-state index in [9.17, 15) is 8.42 Å². The molecule has 1 aliphatic rings. The van der Waals surface area contributed by atoms with Crippen molar-refractivity contribution in [2.24, 2.45) is 0 Å². The molecule has 0 saturated carbocycles. The summed E-state index contributed by atoms with van der Waals surface area (Å²) in [5.41, 5.74) is 0.670. The second kappa shape index (κ2) is 7.06. The van der Waals surface area contributed by atoms with Crippen molar-refractivity contribution in [3.8, 4) is 0 Å². The highest BCUT2D eigenvalue weighted by Crippen LogP contribution is 2.20. The van der Waals surface area contributed by atoms with Gasteiger partial charge in [-0.3, -0.25) is 0 Å². The highest BCUT2D eigenvalue weighted by atomic mass is 32.2. The van der Waals surface area contributed by atoms with Crippen molar-refractivity contribution < 1.29 is 8.42 Å². The molecule has 2 N–H and O–H groups in total. The van der Waals surface area contributed by atoms with Crippen molar-refractivity contribution in [1.29, 1.82) is 0 Å². The van der Waals surface area contributed by atoms with E-state index < -0.39 is 10.0 Å². The smallest absolute Gasteiger partial charge is 0.242 e. The van der Waals surface area contributed by atoms with Crippen LogP contribution in [0.25, 0.3) is 0 Å². The molecule has 0 bridgehead atoms. The van der Waals surface area contributed by atoms with Gasteiger partial charge in [-0.05, 0) is 58.1 Å². The average Bonchev–Trinajstić information content (AvgIpc) is 2.97. The van der Waals surface area contributed by atoms with Crippen LogP contribution in [0, 0.1) is 0 Å². The Morgan fingerprint density at radius 3 is 2.60 bits per heavy atom. The third kappa shape index (κ3) is 3.94. The maximum atomic E-state index is 11.9. The molecule has 0 spiro atoms. The molecular formula is C14H23N3O2S. The summed E-state index contributed by atoms with van der Waals surface area (Å²) in [5, 5.41) is 3.23. The number of nitrogens with zero attached hydrogens (tertiary/aromatic N) is 1. The van der Waals surface area contributed by atoms with Gasteiger partial charge >= 0.3 is 0 Å². The predicted octanol–water partition coefficient (Wildman–Crippen LogP) is 1.49. The Balaban J connectivity index is 1.89. The summed E-state index contributed by atoms with van der Waals surface area (Å²) in [6.45, 7) is 4.26. The number of hydrogen-bond acceptors (Lipinski definition) is 4. The normalized spacial score (nSPS) is 16.4. The third-order valence-electron chi connectivity index (χ3n) is 3.61. The van der Waals surface area contributed by atoms with Gasteiger partial charge in [0.2, 0.25) is 10.0 Å². The first-order valence-electron chi connectivity index (χ1n) is 7.12. The van der Waals surface area contributed by atoms with E-state index in [4.69, 9.17) is 0 Å². The number of anilines is 1.